The number of anilines is 1. The van der Waals surface area contributed by atoms with Gasteiger partial charge in [-0.15, -0.1) is 0 Å². The van der Waals surface area contributed by atoms with Gasteiger partial charge < -0.3 is 9.64 Å². The van der Waals surface area contributed by atoms with Crippen LogP contribution in [-0.2, 0) is 25.9 Å². The van der Waals surface area contributed by atoms with E-state index >= 15 is 0 Å². The van der Waals surface area contributed by atoms with Crippen LogP contribution in [0.15, 0.2) is 91.0 Å². The molecule has 1 aliphatic rings. The quantitative estimate of drug-likeness (QED) is 0.191. The van der Waals surface area contributed by atoms with Gasteiger partial charge >= 0.3 is 0 Å². The number of aryl methyl sites for hydroxylation is 1. The van der Waals surface area contributed by atoms with Crippen molar-refractivity contribution >= 4 is 11.4 Å². The number of nitro benzene ring substituents is 1. The molecule has 1 aliphatic heterocycles. The molecule has 4 aromatic rings. The van der Waals surface area contributed by atoms with Crippen LogP contribution < -0.4 is 9.64 Å². The Hall–Kier alpha value is -4.19. The summed E-state index contributed by atoms with van der Waals surface area (Å²) in [5.74, 6) is 0.545. The average molecular weight is 497 g/mol. The van der Waals surface area contributed by atoms with Gasteiger partial charge in [-0.1, -0.05) is 55.5 Å². The van der Waals surface area contributed by atoms with Gasteiger partial charge in [0.25, 0.3) is 5.69 Å². The van der Waals surface area contributed by atoms with E-state index in [0.717, 1.165) is 46.7 Å². The van der Waals surface area contributed by atoms with Crippen LogP contribution in [0.4, 0.5) is 15.8 Å². The molecule has 188 valence electrons. The summed E-state index contributed by atoms with van der Waals surface area (Å²) in [5, 5.41) is 11.7. The van der Waals surface area contributed by atoms with Crippen molar-refractivity contribution < 1.29 is 14.1 Å². The molecule has 37 heavy (non-hydrogen) atoms. The van der Waals surface area contributed by atoms with Crippen LogP contribution in [0.5, 0.6) is 5.75 Å². The van der Waals surface area contributed by atoms with E-state index in [1.165, 1.54) is 17.7 Å². The fourth-order valence-corrected chi connectivity index (χ4v) is 5.11. The zero-order valence-corrected chi connectivity index (χ0v) is 20.8. The molecule has 1 heterocycles. The van der Waals surface area contributed by atoms with Crippen molar-refractivity contribution in [3.05, 3.63) is 135 Å². The number of halogens is 1. The van der Waals surface area contributed by atoms with Crippen molar-refractivity contribution in [1.29, 1.82) is 0 Å². The highest BCUT2D eigenvalue weighted by atomic mass is 19.1. The standard InChI is InChI=1S/C31H29FN2O3/c1-2-24-9-8-23(18-30(24)34(35)36)19-31-29-15-14-28(37-21-22-6-4-3-5-7-22)20-25(29)16-17-33(31)27-12-10-26(32)11-13-27/h3-15,18,20,31H,2,16-17,19,21H2,1H3. The van der Waals surface area contributed by atoms with E-state index in [2.05, 4.69) is 17.0 Å². The van der Waals surface area contributed by atoms with Gasteiger partial charge in [0.15, 0.2) is 0 Å². The molecule has 0 saturated heterocycles. The number of nitro groups is 1. The minimum Gasteiger partial charge on any atom is -0.489 e. The Morgan fingerprint density at radius 3 is 2.49 bits per heavy atom. The molecular formula is C31H29FN2O3. The van der Waals surface area contributed by atoms with Gasteiger partial charge in [-0.3, -0.25) is 10.1 Å². The van der Waals surface area contributed by atoms with Crippen molar-refractivity contribution in [2.75, 3.05) is 11.4 Å². The monoisotopic (exact) mass is 496 g/mol. The summed E-state index contributed by atoms with van der Waals surface area (Å²) in [6, 6.07) is 28.3. The molecule has 0 saturated carbocycles. The maximum atomic E-state index is 13.7. The number of ether oxygens (including phenoxy) is 1. The molecule has 5 rings (SSSR count). The summed E-state index contributed by atoms with van der Waals surface area (Å²) < 4.78 is 19.7. The van der Waals surface area contributed by atoms with Gasteiger partial charge in [-0.2, -0.15) is 0 Å². The summed E-state index contributed by atoms with van der Waals surface area (Å²) in [7, 11) is 0. The summed E-state index contributed by atoms with van der Waals surface area (Å²) in [6.07, 6.45) is 2.02. The topological polar surface area (TPSA) is 55.6 Å². The Morgan fingerprint density at radius 2 is 1.76 bits per heavy atom. The average Bonchev–Trinajstić information content (AvgIpc) is 2.93. The first-order chi connectivity index (χ1) is 18.0. The molecule has 0 fully saturated rings. The zero-order chi connectivity index (χ0) is 25.8. The summed E-state index contributed by atoms with van der Waals surface area (Å²) in [4.78, 5) is 13.7. The molecule has 0 radical (unpaired) electrons. The number of benzene rings is 4. The van der Waals surface area contributed by atoms with Crippen LogP contribution >= 0.6 is 0 Å². The third-order valence-corrected chi connectivity index (χ3v) is 7.03. The second-order valence-corrected chi connectivity index (χ2v) is 9.35. The van der Waals surface area contributed by atoms with E-state index in [1.54, 1.807) is 18.2 Å². The predicted molar refractivity (Wildman–Crippen MR) is 144 cm³/mol. The van der Waals surface area contributed by atoms with E-state index in [-0.39, 0.29) is 22.5 Å². The smallest absolute Gasteiger partial charge is 0.272 e. The van der Waals surface area contributed by atoms with Crippen molar-refractivity contribution in [3.8, 4) is 5.75 Å². The van der Waals surface area contributed by atoms with Gasteiger partial charge in [-0.05, 0) is 77.9 Å². The molecule has 0 N–H and O–H groups in total. The molecule has 0 amide bonds. The Bertz CT molecular complexity index is 1390. The Balaban J connectivity index is 1.47. The molecule has 0 aromatic heterocycles. The highest BCUT2D eigenvalue weighted by Crippen LogP contribution is 2.38. The lowest BCUT2D eigenvalue weighted by Crippen LogP contribution is -2.36. The Kier molecular flexibility index (Phi) is 7.17. The third kappa shape index (κ3) is 5.48. The molecule has 0 spiro atoms. The van der Waals surface area contributed by atoms with Crippen molar-refractivity contribution in [1.82, 2.24) is 0 Å². The highest BCUT2D eigenvalue weighted by Gasteiger charge is 2.29. The molecule has 1 unspecified atom stereocenters. The number of hydrogen-bond acceptors (Lipinski definition) is 4. The summed E-state index contributed by atoms with van der Waals surface area (Å²) in [6.45, 7) is 3.17. The lowest BCUT2D eigenvalue weighted by molar-refractivity contribution is -0.385. The van der Waals surface area contributed by atoms with E-state index in [4.69, 9.17) is 4.74 Å². The molecule has 1 atom stereocenters. The maximum absolute atomic E-state index is 13.7. The second kappa shape index (κ2) is 10.8. The first kappa shape index (κ1) is 24.5. The lowest BCUT2D eigenvalue weighted by atomic mass is 9.87. The molecule has 5 nitrogen and oxygen atoms in total. The van der Waals surface area contributed by atoms with Gasteiger partial charge in [0.05, 0.1) is 11.0 Å². The highest BCUT2D eigenvalue weighted by molar-refractivity contribution is 5.54. The van der Waals surface area contributed by atoms with Crippen molar-refractivity contribution in [2.45, 2.75) is 38.8 Å². The van der Waals surface area contributed by atoms with Gasteiger partial charge in [-0.25, -0.2) is 4.39 Å². The van der Waals surface area contributed by atoms with Crippen LogP contribution in [0, 0.1) is 15.9 Å². The molecule has 0 bridgehead atoms. The first-order valence-corrected chi connectivity index (χ1v) is 12.6. The zero-order valence-electron chi connectivity index (χ0n) is 20.8. The van der Waals surface area contributed by atoms with Crippen molar-refractivity contribution in [3.63, 3.8) is 0 Å². The first-order valence-electron chi connectivity index (χ1n) is 12.6. The number of nitrogens with zero attached hydrogens (tertiary/aromatic N) is 2. The Morgan fingerprint density at radius 1 is 0.973 bits per heavy atom. The SMILES string of the molecule is CCc1ccc(CC2c3ccc(OCc4ccccc4)cc3CCN2c2ccc(F)cc2)cc1[N+](=O)[O-]. The van der Waals surface area contributed by atoms with Gasteiger partial charge in [0.2, 0.25) is 0 Å². The number of hydrogen-bond donors (Lipinski definition) is 0. The predicted octanol–water partition coefficient (Wildman–Crippen LogP) is 7.22. The number of rotatable bonds is 8. The van der Waals surface area contributed by atoms with E-state index < -0.39 is 0 Å². The van der Waals surface area contributed by atoms with E-state index in [1.807, 2.05) is 55.5 Å². The lowest BCUT2D eigenvalue weighted by Gasteiger charge is -2.39. The normalized spacial score (nSPS) is 14.8. The summed E-state index contributed by atoms with van der Waals surface area (Å²) in [5.41, 5.74) is 6.19. The van der Waals surface area contributed by atoms with Crippen molar-refractivity contribution in [2.24, 2.45) is 0 Å². The number of fused-ring (bicyclic) bond motifs is 1. The minimum absolute atomic E-state index is 0.0514. The van der Waals surface area contributed by atoms with Crippen LogP contribution in [0.2, 0.25) is 0 Å². The Labute approximate surface area is 216 Å². The van der Waals surface area contributed by atoms with E-state index in [0.29, 0.717) is 19.4 Å². The largest absolute Gasteiger partial charge is 0.489 e. The van der Waals surface area contributed by atoms with Crippen LogP contribution in [-0.4, -0.2) is 11.5 Å². The van der Waals surface area contributed by atoms with Crippen LogP contribution in [0.3, 0.4) is 0 Å². The van der Waals surface area contributed by atoms with Gasteiger partial charge in [0.1, 0.15) is 18.2 Å². The third-order valence-electron chi connectivity index (χ3n) is 7.03. The molecular weight excluding hydrogens is 467 g/mol. The van der Waals surface area contributed by atoms with Gasteiger partial charge in [0, 0.05) is 23.9 Å². The van der Waals surface area contributed by atoms with E-state index in [9.17, 15) is 14.5 Å². The maximum Gasteiger partial charge on any atom is 0.272 e. The fraction of sp³-hybridized carbons (Fsp3) is 0.226. The fourth-order valence-electron chi connectivity index (χ4n) is 5.11. The molecule has 6 heteroatoms. The minimum atomic E-state index is -0.300. The second-order valence-electron chi connectivity index (χ2n) is 9.35. The molecule has 4 aromatic carbocycles. The van der Waals surface area contributed by atoms with Crippen LogP contribution in [0.25, 0.3) is 0 Å². The molecule has 0 aliphatic carbocycles. The summed E-state index contributed by atoms with van der Waals surface area (Å²) >= 11 is 0. The van der Waals surface area contributed by atoms with Crippen LogP contribution in [0.1, 0.15) is 40.8 Å².